The van der Waals surface area contributed by atoms with Crippen LogP contribution in [0.2, 0.25) is 0 Å². The molecular formula is C15H20N2O4. The highest BCUT2D eigenvalue weighted by Crippen LogP contribution is 2.30. The van der Waals surface area contributed by atoms with Gasteiger partial charge in [0.15, 0.2) is 11.5 Å². The third-order valence-corrected chi connectivity index (χ3v) is 3.90. The van der Waals surface area contributed by atoms with Crippen molar-refractivity contribution in [3.05, 3.63) is 23.8 Å². The van der Waals surface area contributed by atoms with Crippen LogP contribution in [0, 0.1) is 0 Å². The molecule has 114 valence electrons. The SMILES string of the molecule is NC1(C(=O)NCc2ccc3c(c2)OCCO3)CCOCC1. The van der Waals surface area contributed by atoms with Gasteiger partial charge in [-0.1, -0.05) is 6.07 Å². The van der Waals surface area contributed by atoms with Gasteiger partial charge in [0.2, 0.25) is 5.91 Å². The van der Waals surface area contributed by atoms with Gasteiger partial charge < -0.3 is 25.3 Å². The second-order valence-corrected chi connectivity index (χ2v) is 5.43. The average Bonchev–Trinajstić information content (AvgIpc) is 2.53. The van der Waals surface area contributed by atoms with Gasteiger partial charge in [0.25, 0.3) is 0 Å². The number of rotatable bonds is 3. The first-order valence-electron chi connectivity index (χ1n) is 7.21. The van der Waals surface area contributed by atoms with Crippen LogP contribution in [-0.2, 0) is 16.1 Å². The lowest BCUT2D eigenvalue weighted by molar-refractivity contribution is -0.129. The summed E-state index contributed by atoms with van der Waals surface area (Å²) >= 11 is 0. The van der Waals surface area contributed by atoms with Gasteiger partial charge in [-0.2, -0.15) is 0 Å². The highest BCUT2D eigenvalue weighted by molar-refractivity contribution is 5.86. The minimum absolute atomic E-state index is 0.124. The summed E-state index contributed by atoms with van der Waals surface area (Å²) in [4.78, 5) is 12.2. The average molecular weight is 292 g/mol. The Morgan fingerprint density at radius 1 is 1.14 bits per heavy atom. The van der Waals surface area contributed by atoms with Gasteiger partial charge in [-0.05, 0) is 30.5 Å². The van der Waals surface area contributed by atoms with E-state index in [-0.39, 0.29) is 5.91 Å². The number of nitrogens with two attached hydrogens (primary N) is 1. The Morgan fingerprint density at radius 2 is 1.86 bits per heavy atom. The van der Waals surface area contributed by atoms with Crippen LogP contribution in [-0.4, -0.2) is 37.9 Å². The van der Waals surface area contributed by atoms with E-state index >= 15 is 0 Å². The van der Waals surface area contributed by atoms with E-state index in [1.807, 2.05) is 18.2 Å². The number of hydrogen-bond donors (Lipinski definition) is 2. The maximum atomic E-state index is 12.2. The van der Waals surface area contributed by atoms with Crippen LogP contribution in [0.4, 0.5) is 0 Å². The van der Waals surface area contributed by atoms with Crippen LogP contribution in [0.5, 0.6) is 11.5 Å². The Hall–Kier alpha value is -1.79. The first-order chi connectivity index (χ1) is 10.2. The number of benzene rings is 1. The molecular weight excluding hydrogens is 272 g/mol. The molecule has 1 fully saturated rings. The fourth-order valence-corrected chi connectivity index (χ4v) is 2.52. The molecule has 2 aliphatic heterocycles. The number of fused-ring (bicyclic) bond motifs is 1. The fourth-order valence-electron chi connectivity index (χ4n) is 2.52. The van der Waals surface area contributed by atoms with E-state index in [9.17, 15) is 4.79 Å². The van der Waals surface area contributed by atoms with Crippen LogP contribution < -0.4 is 20.5 Å². The summed E-state index contributed by atoms with van der Waals surface area (Å²) in [5.74, 6) is 1.35. The number of carbonyl (C=O) groups is 1. The molecule has 1 saturated heterocycles. The molecule has 2 heterocycles. The molecule has 2 aliphatic rings. The monoisotopic (exact) mass is 292 g/mol. The Balaban J connectivity index is 1.60. The molecule has 21 heavy (non-hydrogen) atoms. The van der Waals surface area contributed by atoms with Gasteiger partial charge >= 0.3 is 0 Å². The minimum Gasteiger partial charge on any atom is -0.486 e. The minimum atomic E-state index is -0.813. The van der Waals surface area contributed by atoms with Crippen molar-refractivity contribution < 1.29 is 19.0 Å². The van der Waals surface area contributed by atoms with E-state index in [4.69, 9.17) is 19.9 Å². The molecule has 0 atom stereocenters. The molecule has 0 bridgehead atoms. The van der Waals surface area contributed by atoms with Crippen LogP contribution >= 0.6 is 0 Å². The van der Waals surface area contributed by atoms with Crippen molar-refractivity contribution >= 4 is 5.91 Å². The number of carbonyl (C=O) groups excluding carboxylic acids is 1. The van der Waals surface area contributed by atoms with Gasteiger partial charge in [0.1, 0.15) is 13.2 Å². The van der Waals surface area contributed by atoms with E-state index in [0.29, 0.717) is 45.8 Å². The van der Waals surface area contributed by atoms with Gasteiger partial charge in [0.05, 0.1) is 5.54 Å². The summed E-state index contributed by atoms with van der Waals surface area (Å²) in [5.41, 5.74) is 6.29. The van der Waals surface area contributed by atoms with Crippen molar-refractivity contribution in [3.63, 3.8) is 0 Å². The fraction of sp³-hybridized carbons (Fsp3) is 0.533. The van der Waals surface area contributed by atoms with Crippen molar-refractivity contribution in [1.29, 1.82) is 0 Å². The molecule has 0 aliphatic carbocycles. The summed E-state index contributed by atoms with van der Waals surface area (Å²) in [6, 6.07) is 5.67. The zero-order valence-electron chi connectivity index (χ0n) is 11.9. The zero-order valence-corrected chi connectivity index (χ0v) is 11.9. The lowest BCUT2D eigenvalue weighted by Crippen LogP contribution is -2.56. The molecule has 6 nitrogen and oxygen atoms in total. The van der Waals surface area contributed by atoms with Gasteiger partial charge in [0, 0.05) is 19.8 Å². The molecule has 1 amide bonds. The molecule has 0 aromatic heterocycles. The highest BCUT2D eigenvalue weighted by Gasteiger charge is 2.35. The van der Waals surface area contributed by atoms with E-state index in [0.717, 1.165) is 17.1 Å². The Morgan fingerprint density at radius 3 is 2.62 bits per heavy atom. The molecule has 0 radical (unpaired) electrons. The van der Waals surface area contributed by atoms with Crippen molar-refractivity contribution in [2.24, 2.45) is 5.73 Å². The third-order valence-electron chi connectivity index (χ3n) is 3.90. The standard InChI is InChI=1S/C15H20N2O4/c16-15(3-5-19-6-4-15)14(18)17-10-11-1-2-12-13(9-11)21-8-7-20-12/h1-2,9H,3-8,10,16H2,(H,17,18). The van der Waals surface area contributed by atoms with Crippen molar-refractivity contribution in [2.75, 3.05) is 26.4 Å². The summed E-state index contributed by atoms with van der Waals surface area (Å²) in [6.45, 7) is 2.62. The Kier molecular flexibility index (Phi) is 3.98. The van der Waals surface area contributed by atoms with Crippen LogP contribution in [0.1, 0.15) is 18.4 Å². The maximum Gasteiger partial charge on any atom is 0.240 e. The van der Waals surface area contributed by atoms with E-state index in [1.54, 1.807) is 0 Å². The molecule has 0 spiro atoms. The smallest absolute Gasteiger partial charge is 0.240 e. The molecule has 0 unspecified atom stereocenters. The quantitative estimate of drug-likeness (QED) is 0.851. The van der Waals surface area contributed by atoms with Gasteiger partial charge in [-0.3, -0.25) is 4.79 Å². The van der Waals surface area contributed by atoms with Crippen molar-refractivity contribution in [2.45, 2.75) is 24.9 Å². The summed E-state index contributed by atoms with van der Waals surface area (Å²) in [5, 5.41) is 2.90. The molecule has 1 aromatic rings. The molecule has 1 aromatic carbocycles. The topological polar surface area (TPSA) is 82.8 Å². The largest absolute Gasteiger partial charge is 0.486 e. The molecule has 6 heteroatoms. The van der Waals surface area contributed by atoms with E-state index in [2.05, 4.69) is 5.32 Å². The second kappa shape index (κ2) is 5.91. The van der Waals surface area contributed by atoms with Crippen molar-refractivity contribution in [1.82, 2.24) is 5.32 Å². The van der Waals surface area contributed by atoms with Crippen LogP contribution in [0.25, 0.3) is 0 Å². The van der Waals surface area contributed by atoms with Gasteiger partial charge in [-0.15, -0.1) is 0 Å². The van der Waals surface area contributed by atoms with E-state index in [1.165, 1.54) is 0 Å². The second-order valence-electron chi connectivity index (χ2n) is 5.43. The molecule has 3 rings (SSSR count). The number of hydrogen-bond acceptors (Lipinski definition) is 5. The highest BCUT2D eigenvalue weighted by atomic mass is 16.6. The van der Waals surface area contributed by atoms with Crippen molar-refractivity contribution in [3.8, 4) is 11.5 Å². The summed E-state index contributed by atoms with van der Waals surface area (Å²) in [7, 11) is 0. The Bertz CT molecular complexity index is 526. The van der Waals surface area contributed by atoms with Crippen LogP contribution in [0.3, 0.4) is 0 Å². The number of amides is 1. The van der Waals surface area contributed by atoms with E-state index < -0.39 is 5.54 Å². The van der Waals surface area contributed by atoms with Crippen LogP contribution in [0.15, 0.2) is 18.2 Å². The number of nitrogens with one attached hydrogen (secondary N) is 1. The van der Waals surface area contributed by atoms with Gasteiger partial charge in [-0.25, -0.2) is 0 Å². The first-order valence-corrected chi connectivity index (χ1v) is 7.21. The lowest BCUT2D eigenvalue weighted by Gasteiger charge is -2.31. The number of ether oxygens (including phenoxy) is 3. The third kappa shape index (κ3) is 3.11. The maximum absolute atomic E-state index is 12.2. The predicted octanol–water partition coefficient (Wildman–Crippen LogP) is 0.582. The predicted molar refractivity (Wildman–Crippen MR) is 76.3 cm³/mol. The normalized spacial score (nSPS) is 19.9. The molecule has 0 saturated carbocycles. The molecule has 3 N–H and O–H groups in total. The lowest BCUT2D eigenvalue weighted by atomic mass is 9.90. The Labute approximate surface area is 123 Å². The zero-order chi connectivity index (χ0) is 14.7. The first kappa shape index (κ1) is 14.2. The summed E-state index contributed by atoms with van der Waals surface area (Å²) < 4.78 is 16.2. The summed E-state index contributed by atoms with van der Waals surface area (Å²) in [6.07, 6.45) is 1.11.